The Hall–Kier alpha value is -1.42. The van der Waals surface area contributed by atoms with Gasteiger partial charge < -0.3 is 5.32 Å². The zero-order valence-corrected chi connectivity index (χ0v) is 10.5. The molecule has 4 bridgehead atoms. The van der Waals surface area contributed by atoms with Crippen molar-refractivity contribution in [3.8, 4) is 0 Å². The third-order valence-corrected chi connectivity index (χ3v) is 4.73. The third kappa shape index (κ3) is 1.35. The summed E-state index contributed by atoms with van der Waals surface area (Å²) in [6, 6.07) is 5.66. The second-order valence-electron chi connectivity index (χ2n) is 5.73. The average molecular weight is 243 g/mol. The molecule has 2 fully saturated rings. The minimum Gasteiger partial charge on any atom is -0.311 e. The van der Waals surface area contributed by atoms with Crippen LogP contribution >= 0.6 is 0 Å². The molecule has 0 aliphatic carbocycles. The van der Waals surface area contributed by atoms with Gasteiger partial charge in [0.1, 0.15) is 5.82 Å². The van der Waals surface area contributed by atoms with Crippen LogP contribution in [0.4, 0.5) is 5.82 Å². The van der Waals surface area contributed by atoms with Gasteiger partial charge in [-0.1, -0.05) is 6.07 Å². The molecule has 1 aromatic rings. The maximum absolute atomic E-state index is 11.1. The minimum absolute atomic E-state index is 0.0541. The number of anilines is 1. The van der Waals surface area contributed by atoms with Gasteiger partial charge in [-0.25, -0.2) is 4.98 Å². The van der Waals surface area contributed by atoms with Gasteiger partial charge in [-0.3, -0.25) is 9.69 Å². The van der Waals surface area contributed by atoms with Crippen LogP contribution in [0.1, 0.15) is 43.4 Å². The molecule has 0 radical (unpaired) electrons. The molecular formula is C14H17N3O. The lowest BCUT2D eigenvalue weighted by molar-refractivity contribution is -0.114. The molecule has 4 rings (SSSR count). The highest BCUT2D eigenvalue weighted by atomic mass is 16.1. The second-order valence-corrected chi connectivity index (χ2v) is 5.73. The van der Waals surface area contributed by atoms with Crippen LogP contribution in [0, 0.1) is 0 Å². The van der Waals surface area contributed by atoms with Crippen molar-refractivity contribution in [2.45, 2.75) is 50.7 Å². The second kappa shape index (κ2) is 3.54. The molecule has 1 N–H and O–H groups in total. The molecule has 0 spiro atoms. The molecule has 18 heavy (non-hydrogen) atoms. The van der Waals surface area contributed by atoms with Gasteiger partial charge in [0.2, 0.25) is 5.91 Å². The Kier molecular flexibility index (Phi) is 2.07. The minimum atomic E-state index is -0.0541. The van der Waals surface area contributed by atoms with Crippen molar-refractivity contribution in [3.05, 3.63) is 23.4 Å². The molecule has 1 amide bonds. The van der Waals surface area contributed by atoms with E-state index in [0.717, 1.165) is 18.6 Å². The Morgan fingerprint density at radius 3 is 3.17 bits per heavy atom. The number of hydrogen-bond donors (Lipinski definition) is 1. The van der Waals surface area contributed by atoms with Crippen LogP contribution in [0.2, 0.25) is 0 Å². The molecule has 4 nitrogen and oxygen atoms in total. The van der Waals surface area contributed by atoms with Crippen LogP contribution < -0.4 is 5.32 Å². The van der Waals surface area contributed by atoms with Gasteiger partial charge in [-0.15, -0.1) is 0 Å². The molecule has 3 aliphatic rings. The SMILES string of the molecule is CC(=O)Nc1ccc2c(n1)CN1C3CCC1C2C3. The predicted octanol–water partition coefficient (Wildman–Crippen LogP) is 1.87. The number of pyridine rings is 1. The molecule has 4 unspecified atom stereocenters. The van der Waals surface area contributed by atoms with Crippen molar-refractivity contribution >= 4 is 11.7 Å². The van der Waals surface area contributed by atoms with Crippen LogP contribution in [-0.4, -0.2) is 27.9 Å². The Bertz CT molecular complexity index is 528. The summed E-state index contributed by atoms with van der Waals surface area (Å²) in [5, 5.41) is 2.77. The van der Waals surface area contributed by atoms with Crippen LogP contribution in [0.25, 0.3) is 0 Å². The predicted molar refractivity (Wildman–Crippen MR) is 68.3 cm³/mol. The van der Waals surface area contributed by atoms with E-state index in [4.69, 9.17) is 0 Å². The summed E-state index contributed by atoms with van der Waals surface area (Å²) < 4.78 is 0. The summed E-state index contributed by atoms with van der Waals surface area (Å²) in [5.41, 5.74) is 2.60. The normalized spacial score (nSPS) is 35.4. The van der Waals surface area contributed by atoms with Crippen molar-refractivity contribution in [3.63, 3.8) is 0 Å². The molecule has 1 aromatic heterocycles. The first-order valence-corrected chi connectivity index (χ1v) is 6.75. The Morgan fingerprint density at radius 1 is 1.44 bits per heavy atom. The molecule has 4 heterocycles. The zero-order chi connectivity index (χ0) is 12.3. The largest absolute Gasteiger partial charge is 0.311 e. The lowest BCUT2D eigenvalue weighted by Crippen LogP contribution is -2.34. The standard InChI is InChI=1S/C14H17N3O/c1-8(18)15-14-5-3-10-11-6-9-2-4-13(11)17(9)7-12(10)16-14/h3,5,9,11,13H,2,4,6-7H2,1H3,(H,15,16,18). The molecule has 3 aliphatic heterocycles. The maximum atomic E-state index is 11.1. The van der Waals surface area contributed by atoms with Gasteiger partial charge >= 0.3 is 0 Å². The van der Waals surface area contributed by atoms with Crippen molar-refractivity contribution in [1.29, 1.82) is 0 Å². The van der Waals surface area contributed by atoms with Gasteiger partial charge in [0.15, 0.2) is 0 Å². The Morgan fingerprint density at radius 2 is 2.33 bits per heavy atom. The van der Waals surface area contributed by atoms with Crippen LogP contribution in [0.5, 0.6) is 0 Å². The first-order valence-electron chi connectivity index (χ1n) is 6.75. The summed E-state index contributed by atoms with van der Waals surface area (Å²) in [6.45, 7) is 2.49. The Balaban J connectivity index is 1.71. The highest BCUT2D eigenvalue weighted by Gasteiger charge is 2.50. The van der Waals surface area contributed by atoms with E-state index in [9.17, 15) is 4.79 Å². The number of carbonyl (C=O) groups excluding carboxylic acids is 1. The Labute approximate surface area is 106 Å². The fourth-order valence-corrected chi connectivity index (χ4v) is 4.08. The number of rotatable bonds is 1. The quantitative estimate of drug-likeness (QED) is 0.819. The molecule has 4 atom stereocenters. The van der Waals surface area contributed by atoms with Gasteiger partial charge in [-0.05, 0) is 30.9 Å². The maximum Gasteiger partial charge on any atom is 0.222 e. The molecule has 0 saturated carbocycles. The first-order chi connectivity index (χ1) is 8.72. The third-order valence-electron chi connectivity index (χ3n) is 4.73. The number of hydrogen-bond acceptors (Lipinski definition) is 3. The van der Waals surface area contributed by atoms with Gasteiger partial charge in [0.25, 0.3) is 0 Å². The summed E-state index contributed by atoms with van der Waals surface area (Å²) in [6.07, 6.45) is 4.01. The highest BCUT2D eigenvalue weighted by molar-refractivity contribution is 5.87. The van der Waals surface area contributed by atoms with E-state index in [-0.39, 0.29) is 5.91 Å². The van der Waals surface area contributed by atoms with Crippen molar-refractivity contribution in [1.82, 2.24) is 9.88 Å². The summed E-state index contributed by atoms with van der Waals surface area (Å²) in [5.74, 6) is 1.32. The average Bonchev–Trinajstić information content (AvgIpc) is 2.83. The lowest BCUT2D eigenvalue weighted by atomic mass is 9.82. The van der Waals surface area contributed by atoms with Gasteiger partial charge in [0, 0.05) is 31.5 Å². The van der Waals surface area contributed by atoms with E-state index in [1.807, 2.05) is 6.07 Å². The van der Waals surface area contributed by atoms with Crippen molar-refractivity contribution in [2.75, 3.05) is 5.32 Å². The number of aromatic nitrogens is 1. The fraction of sp³-hybridized carbons (Fsp3) is 0.571. The van der Waals surface area contributed by atoms with E-state index >= 15 is 0 Å². The van der Waals surface area contributed by atoms with E-state index in [1.165, 1.54) is 37.4 Å². The number of nitrogens with zero attached hydrogens (tertiary/aromatic N) is 2. The van der Waals surface area contributed by atoms with E-state index in [1.54, 1.807) is 0 Å². The molecule has 0 aromatic carbocycles. The molecule has 94 valence electrons. The molecule has 2 saturated heterocycles. The summed E-state index contributed by atoms with van der Waals surface area (Å²) in [7, 11) is 0. The number of carbonyl (C=O) groups is 1. The number of amides is 1. The summed E-state index contributed by atoms with van der Waals surface area (Å²) >= 11 is 0. The van der Waals surface area contributed by atoms with Crippen LogP contribution in [-0.2, 0) is 11.3 Å². The van der Waals surface area contributed by atoms with Crippen LogP contribution in [0.3, 0.4) is 0 Å². The molecular weight excluding hydrogens is 226 g/mol. The van der Waals surface area contributed by atoms with E-state index < -0.39 is 0 Å². The lowest BCUT2D eigenvalue weighted by Gasteiger charge is -2.31. The fourth-order valence-electron chi connectivity index (χ4n) is 4.08. The first kappa shape index (κ1) is 10.5. The smallest absolute Gasteiger partial charge is 0.222 e. The summed E-state index contributed by atoms with van der Waals surface area (Å²) in [4.78, 5) is 18.3. The van der Waals surface area contributed by atoms with Crippen molar-refractivity contribution < 1.29 is 4.79 Å². The van der Waals surface area contributed by atoms with E-state index in [0.29, 0.717) is 11.7 Å². The van der Waals surface area contributed by atoms with Crippen molar-refractivity contribution in [2.24, 2.45) is 0 Å². The van der Waals surface area contributed by atoms with E-state index in [2.05, 4.69) is 21.3 Å². The zero-order valence-electron chi connectivity index (χ0n) is 10.5. The number of nitrogens with one attached hydrogen (secondary N) is 1. The van der Waals surface area contributed by atoms with Gasteiger partial charge in [0.05, 0.1) is 5.69 Å². The highest BCUT2D eigenvalue weighted by Crippen LogP contribution is 2.51. The molecule has 4 heteroatoms. The van der Waals surface area contributed by atoms with Crippen LogP contribution in [0.15, 0.2) is 12.1 Å². The number of fused-ring (bicyclic) bond motifs is 2. The topological polar surface area (TPSA) is 45.2 Å². The monoisotopic (exact) mass is 243 g/mol. The van der Waals surface area contributed by atoms with Gasteiger partial charge in [-0.2, -0.15) is 0 Å².